The molecule has 2 rings (SSSR count). The zero-order valence-electron chi connectivity index (χ0n) is 12.2. The zero-order valence-corrected chi connectivity index (χ0v) is 12.2. The number of aromatic nitrogens is 2. The molecule has 1 fully saturated rings. The Bertz CT molecular complexity index is 462. The minimum Gasteiger partial charge on any atom is -0.480 e. The van der Waals surface area contributed by atoms with Crippen LogP contribution < -0.4 is 14.8 Å². The molecule has 0 bridgehead atoms. The largest absolute Gasteiger partial charge is 0.480 e. The number of methoxy groups -OCH3 is 2. The third-order valence-corrected chi connectivity index (χ3v) is 3.22. The average molecular weight is 280 g/mol. The van der Waals surface area contributed by atoms with Gasteiger partial charge >= 0.3 is 0 Å². The van der Waals surface area contributed by atoms with Crippen LogP contribution in [0.3, 0.4) is 0 Å². The number of hydrogen-bond donors (Lipinski definition) is 1. The first-order chi connectivity index (χ1) is 9.56. The van der Waals surface area contributed by atoms with Crippen LogP contribution in [-0.2, 0) is 0 Å². The Labute approximate surface area is 118 Å². The summed E-state index contributed by atoms with van der Waals surface area (Å²) < 4.78 is 10.3. The number of piperazine rings is 1. The van der Waals surface area contributed by atoms with Gasteiger partial charge in [0.2, 0.25) is 11.8 Å². The number of ether oxygens (including phenoxy) is 2. The van der Waals surface area contributed by atoms with Crippen molar-refractivity contribution in [3.05, 3.63) is 11.9 Å². The van der Waals surface area contributed by atoms with E-state index < -0.39 is 0 Å². The highest BCUT2D eigenvalue weighted by Crippen LogP contribution is 2.25. The molecule has 20 heavy (non-hydrogen) atoms. The molecule has 1 aliphatic rings. The fourth-order valence-electron chi connectivity index (χ4n) is 2.50. The van der Waals surface area contributed by atoms with Crippen molar-refractivity contribution >= 4 is 5.91 Å². The molecule has 1 saturated heterocycles. The minimum absolute atomic E-state index is 0.167. The van der Waals surface area contributed by atoms with Crippen molar-refractivity contribution in [2.24, 2.45) is 0 Å². The third-order valence-electron chi connectivity index (χ3n) is 3.22. The van der Waals surface area contributed by atoms with Gasteiger partial charge in [0.1, 0.15) is 6.33 Å². The summed E-state index contributed by atoms with van der Waals surface area (Å²) >= 11 is 0. The van der Waals surface area contributed by atoms with Gasteiger partial charge in [0.05, 0.1) is 14.2 Å². The number of carbonyl (C=O) groups excluding carboxylic acids is 1. The van der Waals surface area contributed by atoms with E-state index >= 15 is 0 Å². The fraction of sp³-hybridized carbons (Fsp3) is 0.615. The quantitative estimate of drug-likeness (QED) is 0.859. The van der Waals surface area contributed by atoms with E-state index in [1.54, 1.807) is 4.90 Å². The van der Waals surface area contributed by atoms with Crippen molar-refractivity contribution < 1.29 is 14.3 Å². The summed E-state index contributed by atoms with van der Waals surface area (Å²) in [6.07, 6.45) is 1.32. The SMILES string of the molecule is COc1ncnc(OC)c1C(=O)N1C[C@@H](C)N[C@H](C)C1. The van der Waals surface area contributed by atoms with Crippen molar-refractivity contribution in [2.45, 2.75) is 25.9 Å². The lowest BCUT2D eigenvalue weighted by atomic mass is 10.1. The smallest absolute Gasteiger partial charge is 0.265 e. The second kappa shape index (κ2) is 6.04. The average Bonchev–Trinajstić information content (AvgIpc) is 2.44. The van der Waals surface area contributed by atoms with Crippen molar-refractivity contribution in [3.63, 3.8) is 0 Å². The Morgan fingerprint density at radius 3 is 2.15 bits per heavy atom. The molecule has 110 valence electrons. The van der Waals surface area contributed by atoms with Gasteiger partial charge in [-0.15, -0.1) is 0 Å². The Hall–Kier alpha value is -1.89. The fourth-order valence-corrected chi connectivity index (χ4v) is 2.50. The molecule has 1 N–H and O–H groups in total. The summed E-state index contributed by atoms with van der Waals surface area (Å²) in [4.78, 5) is 22.4. The van der Waals surface area contributed by atoms with E-state index in [1.807, 2.05) is 13.8 Å². The van der Waals surface area contributed by atoms with E-state index in [-0.39, 0.29) is 35.3 Å². The van der Waals surface area contributed by atoms with Gasteiger partial charge in [0.15, 0.2) is 5.56 Å². The summed E-state index contributed by atoms with van der Waals surface area (Å²) in [5.41, 5.74) is 0.277. The highest BCUT2D eigenvalue weighted by Gasteiger charge is 2.30. The topological polar surface area (TPSA) is 76.6 Å². The molecule has 1 aromatic heterocycles. The molecule has 1 amide bonds. The maximum Gasteiger partial charge on any atom is 0.265 e. The molecule has 0 radical (unpaired) electrons. The maximum atomic E-state index is 12.7. The lowest BCUT2D eigenvalue weighted by Crippen LogP contribution is -2.55. The van der Waals surface area contributed by atoms with Crippen LogP contribution >= 0.6 is 0 Å². The highest BCUT2D eigenvalue weighted by atomic mass is 16.5. The second-order valence-corrected chi connectivity index (χ2v) is 4.95. The number of nitrogens with zero attached hydrogens (tertiary/aromatic N) is 3. The molecule has 2 atom stereocenters. The normalized spacial score (nSPS) is 22.5. The van der Waals surface area contributed by atoms with Gasteiger partial charge < -0.3 is 19.7 Å². The van der Waals surface area contributed by atoms with Gasteiger partial charge in [-0.05, 0) is 13.8 Å². The number of hydrogen-bond acceptors (Lipinski definition) is 6. The molecule has 0 unspecified atom stereocenters. The summed E-state index contributed by atoms with van der Waals surface area (Å²) in [5.74, 6) is 0.306. The standard InChI is InChI=1S/C13H20N4O3/c1-8-5-17(6-9(2)16-8)13(18)10-11(19-3)14-7-15-12(10)20-4/h7-9,16H,5-6H2,1-4H3/t8-,9-/m1/s1. The van der Waals surface area contributed by atoms with E-state index in [0.29, 0.717) is 13.1 Å². The van der Waals surface area contributed by atoms with Crippen LogP contribution in [0.2, 0.25) is 0 Å². The summed E-state index contributed by atoms with van der Waals surface area (Å²) in [7, 11) is 2.95. The monoisotopic (exact) mass is 280 g/mol. The molecule has 1 aromatic rings. The lowest BCUT2D eigenvalue weighted by molar-refractivity contribution is 0.0665. The maximum absolute atomic E-state index is 12.7. The van der Waals surface area contributed by atoms with Gasteiger partial charge in [0.25, 0.3) is 5.91 Å². The molecule has 0 saturated carbocycles. The zero-order chi connectivity index (χ0) is 14.7. The lowest BCUT2D eigenvalue weighted by Gasteiger charge is -2.36. The van der Waals surface area contributed by atoms with Gasteiger partial charge in [-0.2, -0.15) is 0 Å². The van der Waals surface area contributed by atoms with E-state index in [0.717, 1.165) is 0 Å². The molecular formula is C13H20N4O3. The number of rotatable bonds is 3. The van der Waals surface area contributed by atoms with Crippen LogP contribution in [0.5, 0.6) is 11.8 Å². The Morgan fingerprint density at radius 1 is 1.20 bits per heavy atom. The second-order valence-electron chi connectivity index (χ2n) is 4.95. The number of amides is 1. The van der Waals surface area contributed by atoms with Crippen LogP contribution in [0.4, 0.5) is 0 Å². The molecule has 0 aliphatic carbocycles. The van der Waals surface area contributed by atoms with Crippen LogP contribution in [0.15, 0.2) is 6.33 Å². The van der Waals surface area contributed by atoms with Gasteiger partial charge in [-0.1, -0.05) is 0 Å². The Kier molecular flexibility index (Phi) is 4.39. The molecule has 7 nitrogen and oxygen atoms in total. The summed E-state index contributed by atoms with van der Waals surface area (Å²) in [6, 6.07) is 0.480. The molecule has 0 spiro atoms. The molecule has 0 aromatic carbocycles. The van der Waals surface area contributed by atoms with Gasteiger partial charge in [-0.3, -0.25) is 4.79 Å². The van der Waals surface area contributed by atoms with E-state index in [4.69, 9.17) is 9.47 Å². The molecule has 2 heterocycles. The molecular weight excluding hydrogens is 260 g/mol. The number of nitrogens with one attached hydrogen (secondary N) is 1. The van der Waals surface area contributed by atoms with E-state index in [1.165, 1.54) is 20.5 Å². The predicted octanol–water partition coefficient (Wildman–Crippen LogP) is 0.316. The third kappa shape index (κ3) is 2.82. The van der Waals surface area contributed by atoms with Crippen LogP contribution in [-0.4, -0.2) is 60.2 Å². The molecule has 7 heteroatoms. The van der Waals surface area contributed by atoms with E-state index in [9.17, 15) is 4.79 Å². The van der Waals surface area contributed by atoms with E-state index in [2.05, 4.69) is 15.3 Å². The first kappa shape index (κ1) is 14.5. The van der Waals surface area contributed by atoms with Gasteiger partial charge in [-0.25, -0.2) is 9.97 Å². The Morgan fingerprint density at radius 2 is 1.70 bits per heavy atom. The van der Waals surface area contributed by atoms with Crippen molar-refractivity contribution in [3.8, 4) is 11.8 Å². The van der Waals surface area contributed by atoms with Crippen LogP contribution in [0.25, 0.3) is 0 Å². The van der Waals surface area contributed by atoms with Crippen molar-refractivity contribution in [1.29, 1.82) is 0 Å². The minimum atomic E-state index is -0.167. The summed E-state index contributed by atoms with van der Waals surface area (Å²) in [5, 5.41) is 3.39. The first-order valence-corrected chi connectivity index (χ1v) is 6.55. The predicted molar refractivity (Wildman–Crippen MR) is 73.1 cm³/mol. The van der Waals surface area contributed by atoms with Crippen LogP contribution in [0.1, 0.15) is 24.2 Å². The highest BCUT2D eigenvalue weighted by molar-refractivity contribution is 5.98. The first-order valence-electron chi connectivity index (χ1n) is 6.55. The van der Waals surface area contributed by atoms with Gasteiger partial charge in [0, 0.05) is 25.2 Å². The van der Waals surface area contributed by atoms with Crippen LogP contribution in [0, 0.1) is 0 Å². The number of carbonyl (C=O) groups is 1. The van der Waals surface area contributed by atoms with Crippen molar-refractivity contribution in [1.82, 2.24) is 20.2 Å². The molecule has 1 aliphatic heterocycles. The van der Waals surface area contributed by atoms with Crippen molar-refractivity contribution in [2.75, 3.05) is 27.3 Å². The summed E-state index contributed by atoms with van der Waals surface area (Å²) in [6.45, 7) is 5.35. The Balaban J connectivity index is 2.32.